The van der Waals surface area contributed by atoms with Crippen LogP contribution in [0.5, 0.6) is 0 Å². The fourth-order valence-corrected chi connectivity index (χ4v) is 3.17. The molecular formula is C24H22O3. The van der Waals surface area contributed by atoms with E-state index in [4.69, 9.17) is 4.74 Å². The molecule has 0 aromatic heterocycles. The van der Waals surface area contributed by atoms with Gasteiger partial charge in [0.15, 0.2) is 0 Å². The van der Waals surface area contributed by atoms with Gasteiger partial charge in [-0.25, -0.2) is 0 Å². The molecule has 0 aliphatic carbocycles. The molecule has 0 N–H and O–H groups in total. The summed E-state index contributed by atoms with van der Waals surface area (Å²) in [5.41, 5.74) is 1.58. The van der Waals surface area contributed by atoms with Crippen LogP contribution in [0.4, 0.5) is 0 Å². The van der Waals surface area contributed by atoms with Gasteiger partial charge in [-0.15, -0.1) is 0 Å². The van der Waals surface area contributed by atoms with Crippen molar-refractivity contribution in [1.29, 1.82) is 0 Å². The maximum atomic E-state index is 13.2. The van der Waals surface area contributed by atoms with Gasteiger partial charge in [-0.2, -0.15) is 0 Å². The van der Waals surface area contributed by atoms with Crippen LogP contribution in [0.2, 0.25) is 0 Å². The molecule has 0 bridgehead atoms. The molecule has 0 saturated carbocycles. The summed E-state index contributed by atoms with van der Waals surface area (Å²) in [5, 5.41) is 0. The van der Waals surface area contributed by atoms with E-state index in [1.807, 2.05) is 97.9 Å². The Kier molecular flexibility index (Phi) is 5.82. The number of carbonyl (C=O) groups is 2. The SMILES string of the molecule is CC(C(=O)OCC(C=O)c1ccccc1)(c1ccccc1)c1ccccc1. The van der Waals surface area contributed by atoms with Crippen molar-refractivity contribution in [1.82, 2.24) is 0 Å². The van der Waals surface area contributed by atoms with Crippen LogP contribution in [-0.2, 0) is 19.7 Å². The van der Waals surface area contributed by atoms with Crippen molar-refractivity contribution in [3.05, 3.63) is 108 Å². The number of carbonyl (C=O) groups excluding carboxylic acids is 2. The number of benzene rings is 3. The molecule has 0 fully saturated rings. The van der Waals surface area contributed by atoms with Gasteiger partial charge in [0.25, 0.3) is 0 Å². The predicted molar refractivity (Wildman–Crippen MR) is 106 cm³/mol. The van der Waals surface area contributed by atoms with Gasteiger partial charge in [0, 0.05) is 0 Å². The van der Waals surface area contributed by atoms with Gasteiger partial charge in [0.2, 0.25) is 0 Å². The first-order valence-corrected chi connectivity index (χ1v) is 8.94. The highest BCUT2D eigenvalue weighted by atomic mass is 16.5. The van der Waals surface area contributed by atoms with Crippen molar-refractivity contribution in [3.8, 4) is 0 Å². The summed E-state index contributed by atoms with van der Waals surface area (Å²) in [4.78, 5) is 24.7. The van der Waals surface area contributed by atoms with E-state index in [2.05, 4.69) is 0 Å². The standard InChI is InChI=1S/C24H22O3/c1-24(21-13-7-3-8-14-21,22-15-9-4-10-16-22)23(26)27-18-20(17-25)19-11-5-2-6-12-19/h2-17,20H,18H2,1H3. The molecule has 1 unspecified atom stereocenters. The van der Waals surface area contributed by atoms with Crippen LogP contribution in [0.15, 0.2) is 91.0 Å². The number of esters is 1. The molecule has 3 heteroatoms. The topological polar surface area (TPSA) is 43.4 Å². The lowest BCUT2D eigenvalue weighted by Crippen LogP contribution is -2.36. The Hall–Kier alpha value is -3.20. The third kappa shape index (κ3) is 3.98. The zero-order valence-corrected chi connectivity index (χ0v) is 15.2. The molecule has 3 aromatic carbocycles. The molecule has 0 saturated heterocycles. The highest BCUT2D eigenvalue weighted by Gasteiger charge is 2.39. The van der Waals surface area contributed by atoms with Crippen molar-refractivity contribution in [2.45, 2.75) is 18.3 Å². The molecule has 27 heavy (non-hydrogen) atoms. The van der Waals surface area contributed by atoms with Gasteiger partial charge in [-0.3, -0.25) is 4.79 Å². The minimum Gasteiger partial charge on any atom is -0.464 e. The third-order valence-electron chi connectivity index (χ3n) is 4.90. The molecule has 3 aromatic rings. The monoisotopic (exact) mass is 358 g/mol. The van der Waals surface area contributed by atoms with E-state index in [1.54, 1.807) is 0 Å². The molecule has 1 atom stereocenters. The zero-order chi connectivity index (χ0) is 19.1. The predicted octanol–water partition coefficient (Wildman–Crippen LogP) is 4.52. The van der Waals surface area contributed by atoms with Crippen LogP contribution in [-0.4, -0.2) is 18.9 Å². The molecule has 0 radical (unpaired) electrons. The van der Waals surface area contributed by atoms with E-state index in [1.165, 1.54) is 0 Å². The zero-order valence-electron chi connectivity index (χ0n) is 15.2. The van der Waals surface area contributed by atoms with E-state index in [9.17, 15) is 9.59 Å². The average Bonchev–Trinajstić information content (AvgIpc) is 2.75. The van der Waals surface area contributed by atoms with Gasteiger partial charge < -0.3 is 9.53 Å². The smallest absolute Gasteiger partial charge is 0.320 e. The van der Waals surface area contributed by atoms with Gasteiger partial charge in [-0.05, 0) is 23.6 Å². The lowest BCUT2D eigenvalue weighted by molar-refractivity contribution is -0.149. The van der Waals surface area contributed by atoms with Gasteiger partial charge in [0.1, 0.15) is 18.3 Å². The second-order valence-corrected chi connectivity index (χ2v) is 6.61. The fourth-order valence-electron chi connectivity index (χ4n) is 3.17. The number of ether oxygens (including phenoxy) is 1. The summed E-state index contributed by atoms with van der Waals surface area (Å²) in [6, 6.07) is 28.5. The van der Waals surface area contributed by atoms with Crippen LogP contribution in [0.3, 0.4) is 0 Å². The van der Waals surface area contributed by atoms with E-state index in [0.717, 1.165) is 23.0 Å². The lowest BCUT2D eigenvalue weighted by atomic mass is 9.76. The largest absolute Gasteiger partial charge is 0.464 e. The molecule has 0 spiro atoms. The minimum atomic E-state index is -0.952. The summed E-state index contributed by atoms with van der Waals surface area (Å²) < 4.78 is 5.65. The minimum absolute atomic E-state index is 0.0155. The Bertz CT molecular complexity index is 834. The summed E-state index contributed by atoms with van der Waals surface area (Å²) in [7, 11) is 0. The van der Waals surface area contributed by atoms with E-state index in [0.29, 0.717) is 0 Å². The number of aldehydes is 1. The molecular weight excluding hydrogens is 336 g/mol. The Balaban J connectivity index is 1.87. The molecule has 0 heterocycles. The molecule has 0 amide bonds. The van der Waals surface area contributed by atoms with E-state index >= 15 is 0 Å². The fraction of sp³-hybridized carbons (Fsp3) is 0.167. The first kappa shape index (κ1) is 18.6. The average molecular weight is 358 g/mol. The first-order chi connectivity index (χ1) is 13.2. The Morgan fingerprint density at radius 2 is 1.30 bits per heavy atom. The summed E-state index contributed by atoms with van der Waals surface area (Å²) in [5.74, 6) is -0.853. The van der Waals surface area contributed by atoms with Crippen molar-refractivity contribution in [2.24, 2.45) is 0 Å². The van der Waals surface area contributed by atoms with Crippen LogP contribution >= 0.6 is 0 Å². The van der Waals surface area contributed by atoms with Gasteiger partial charge >= 0.3 is 5.97 Å². The van der Waals surface area contributed by atoms with Crippen LogP contribution in [0.25, 0.3) is 0 Å². The van der Waals surface area contributed by atoms with E-state index in [-0.39, 0.29) is 12.6 Å². The highest BCUT2D eigenvalue weighted by Crippen LogP contribution is 2.33. The second kappa shape index (κ2) is 8.45. The van der Waals surface area contributed by atoms with Crippen molar-refractivity contribution in [2.75, 3.05) is 6.61 Å². The summed E-state index contributed by atoms with van der Waals surface area (Å²) in [6.07, 6.45) is 0.824. The second-order valence-electron chi connectivity index (χ2n) is 6.61. The maximum absolute atomic E-state index is 13.2. The third-order valence-corrected chi connectivity index (χ3v) is 4.90. The van der Waals surface area contributed by atoms with Crippen molar-refractivity contribution < 1.29 is 14.3 Å². The Morgan fingerprint density at radius 1 is 0.852 bits per heavy atom. The molecule has 3 rings (SSSR count). The van der Waals surface area contributed by atoms with Crippen LogP contribution in [0, 0.1) is 0 Å². The van der Waals surface area contributed by atoms with E-state index < -0.39 is 11.3 Å². The molecule has 0 aliphatic rings. The number of rotatable bonds is 7. The maximum Gasteiger partial charge on any atom is 0.320 e. The highest BCUT2D eigenvalue weighted by molar-refractivity contribution is 5.87. The molecule has 0 aliphatic heterocycles. The van der Waals surface area contributed by atoms with Crippen LogP contribution < -0.4 is 0 Å². The molecule has 136 valence electrons. The first-order valence-electron chi connectivity index (χ1n) is 8.94. The Labute approximate surface area is 159 Å². The Morgan fingerprint density at radius 3 is 1.74 bits per heavy atom. The van der Waals surface area contributed by atoms with Gasteiger partial charge in [0.05, 0.1) is 5.92 Å². The lowest BCUT2D eigenvalue weighted by Gasteiger charge is -2.29. The number of hydrogen-bond donors (Lipinski definition) is 0. The van der Waals surface area contributed by atoms with Gasteiger partial charge in [-0.1, -0.05) is 91.0 Å². The van der Waals surface area contributed by atoms with Crippen molar-refractivity contribution >= 4 is 12.3 Å². The van der Waals surface area contributed by atoms with Crippen molar-refractivity contribution in [3.63, 3.8) is 0 Å². The summed E-state index contributed by atoms with van der Waals surface area (Å²) >= 11 is 0. The number of hydrogen-bond acceptors (Lipinski definition) is 3. The normalized spacial score (nSPS) is 12.2. The summed E-state index contributed by atoms with van der Waals surface area (Å²) in [6.45, 7) is 1.88. The van der Waals surface area contributed by atoms with Crippen LogP contribution in [0.1, 0.15) is 29.5 Å². The molecule has 3 nitrogen and oxygen atoms in total. The quantitative estimate of drug-likeness (QED) is 0.461.